The zero-order chi connectivity index (χ0) is 13.7. The van der Waals surface area contributed by atoms with Crippen molar-refractivity contribution in [1.82, 2.24) is 14.9 Å². The molecule has 0 bridgehead atoms. The lowest BCUT2D eigenvalue weighted by Gasteiger charge is -2.20. The average Bonchev–Trinajstić information content (AvgIpc) is 2.46. The third-order valence-electron chi connectivity index (χ3n) is 2.89. The smallest absolute Gasteiger partial charge is 0.274 e. The van der Waals surface area contributed by atoms with Crippen LogP contribution >= 0.6 is 0 Å². The summed E-state index contributed by atoms with van der Waals surface area (Å²) in [6.07, 6.45) is 3.15. The number of rotatable bonds is 4. The van der Waals surface area contributed by atoms with E-state index in [0.717, 1.165) is 11.3 Å². The molecular weight excluding hydrogens is 238 g/mol. The van der Waals surface area contributed by atoms with Gasteiger partial charge in [-0.3, -0.25) is 9.78 Å². The zero-order valence-corrected chi connectivity index (χ0v) is 11.2. The van der Waals surface area contributed by atoms with Gasteiger partial charge in [0.15, 0.2) is 0 Å². The Morgan fingerprint density at radius 3 is 2.47 bits per heavy atom. The predicted octanol–water partition coefficient (Wildman–Crippen LogP) is 2.45. The molecular formula is C15H17N3O. The maximum Gasteiger partial charge on any atom is 0.274 e. The number of aromatic nitrogens is 2. The highest BCUT2D eigenvalue weighted by Crippen LogP contribution is 2.08. The van der Waals surface area contributed by atoms with Crippen molar-refractivity contribution in [3.8, 4) is 0 Å². The Morgan fingerprint density at radius 2 is 1.89 bits per heavy atom. The minimum atomic E-state index is -0.0844. The summed E-state index contributed by atoms with van der Waals surface area (Å²) < 4.78 is 0. The molecule has 98 valence electrons. The number of carbonyl (C=O) groups is 1. The highest BCUT2D eigenvalue weighted by Gasteiger charge is 2.15. The summed E-state index contributed by atoms with van der Waals surface area (Å²) in [6.45, 7) is 5.04. The molecule has 4 nitrogen and oxygen atoms in total. The molecule has 1 amide bonds. The summed E-state index contributed by atoms with van der Waals surface area (Å²) in [5.74, 6) is -0.0844. The summed E-state index contributed by atoms with van der Waals surface area (Å²) in [4.78, 5) is 22.3. The van der Waals surface area contributed by atoms with Crippen molar-refractivity contribution in [1.29, 1.82) is 0 Å². The van der Waals surface area contributed by atoms with E-state index in [1.54, 1.807) is 11.1 Å². The third-order valence-corrected chi connectivity index (χ3v) is 2.89. The van der Waals surface area contributed by atoms with Gasteiger partial charge in [0.25, 0.3) is 5.91 Å². The van der Waals surface area contributed by atoms with Crippen LogP contribution < -0.4 is 0 Å². The second kappa shape index (κ2) is 6.09. The van der Waals surface area contributed by atoms with Crippen molar-refractivity contribution in [2.75, 3.05) is 6.54 Å². The molecule has 1 heterocycles. The normalized spacial score (nSPS) is 10.2. The van der Waals surface area contributed by atoms with Gasteiger partial charge >= 0.3 is 0 Å². The number of carbonyl (C=O) groups excluding carboxylic acids is 1. The monoisotopic (exact) mass is 255 g/mol. The van der Waals surface area contributed by atoms with Gasteiger partial charge in [-0.1, -0.05) is 30.3 Å². The summed E-state index contributed by atoms with van der Waals surface area (Å²) in [5, 5.41) is 0. The van der Waals surface area contributed by atoms with Gasteiger partial charge in [0.05, 0.1) is 11.9 Å². The van der Waals surface area contributed by atoms with Crippen molar-refractivity contribution in [3.63, 3.8) is 0 Å². The van der Waals surface area contributed by atoms with Gasteiger partial charge in [-0.2, -0.15) is 0 Å². The number of hydrogen-bond donors (Lipinski definition) is 0. The van der Waals surface area contributed by atoms with Gasteiger partial charge in [-0.05, 0) is 19.4 Å². The van der Waals surface area contributed by atoms with E-state index < -0.39 is 0 Å². The number of hydrogen-bond acceptors (Lipinski definition) is 3. The van der Waals surface area contributed by atoms with Crippen molar-refractivity contribution in [2.24, 2.45) is 0 Å². The van der Waals surface area contributed by atoms with Gasteiger partial charge in [-0.25, -0.2) is 4.98 Å². The zero-order valence-electron chi connectivity index (χ0n) is 11.2. The predicted molar refractivity (Wildman–Crippen MR) is 73.6 cm³/mol. The first kappa shape index (κ1) is 13.2. The number of benzene rings is 1. The second-order valence-corrected chi connectivity index (χ2v) is 4.35. The molecule has 1 aromatic carbocycles. The van der Waals surface area contributed by atoms with Crippen LogP contribution in [0.25, 0.3) is 0 Å². The molecule has 0 fully saturated rings. The minimum Gasteiger partial charge on any atom is -0.333 e. The molecule has 19 heavy (non-hydrogen) atoms. The summed E-state index contributed by atoms with van der Waals surface area (Å²) in [5.41, 5.74) is 2.31. The highest BCUT2D eigenvalue weighted by molar-refractivity contribution is 5.91. The Labute approximate surface area is 113 Å². The molecule has 2 rings (SSSR count). The molecule has 0 spiro atoms. The largest absolute Gasteiger partial charge is 0.333 e. The highest BCUT2D eigenvalue weighted by atomic mass is 16.2. The van der Waals surface area contributed by atoms with Crippen molar-refractivity contribution >= 4 is 5.91 Å². The molecule has 0 unspecified atom stereocenters. The first-order valence-corrected chi connectivity index (χ1v) is 6.32. The summed E-state index contributed by atoms with van der Waals surface area (Å²) >= 11 is 0. The number of amides is 1. The molecule has 1 aromatic heterocycles. The molecule has 4 heteroatoms. The molecule has 0 aliphatic carbocycles. The SMILES string of the molecule is CCN(Cc1ccccc1)C(=O)c1cnc(C)cn1. The van der Waals surface area contributed by atoms with Gasteiger partial charge < -0.3 is 4.90 Å². The fraction of sp³-hybridized carbons (Fsp3) is 0.267. The fourth-order valence-corrected chi connectivity index (χ4v) is 1.80. The van der Waals surface area contributed by atoms with Crippen LogP contribution in [0.2, 0.25) is 0 Å². The third kappa shape index (κ3) is 3.37. The van der Waals surface area contributed by atoms with E-state index in [0.29, 0.717) is 18.8 Å². The van der Waals surface area contributed by atoms with Crippen LogP contribution in [-0.4, -0.2) is 27.3 Å². The Kier molecular flexibility index (Phi) is 4.23. The molecule has 0 saturated heterocycles. The summed E-state index contributed by atoms with van der Waals surface area (Å²) in [6, 6.07) is 9.93. The van der Waals surface area contributed by atoms with Gasteiger partial charge in [0.2, 0.25) is 0 Å². The molecule has 0 radical (unpaired) electrons. The van der Waals surface area contributed by atoms with Crippen LogP contribution in [-0.2, 0) is 6.54 Å². The molecule has 0 aliphatic rings. The number of nitrogens with zero attached hydrogens (tertiary/aromatic N) is 3. The van der Waals surface area contributed by atoms with Crippen LogP contribution in [0.4, 0.5) is 0 Å². The standard InChI is InChI=1S/C15H17N3O/c1-3-18(11-13-7-5-4-6-8-13)15(19)14-10-16-12(2)9-17-14/h4-10H,3,11H2,1-2H3. The Bertz CT molecular complexity index is 537. The van der Waals surface area contributed by atoms with E-state index in [9.17, 15) is 4.79 Å². The van der Waals surface area contributed by atoms with Crippen molar-refractivity contribution in [2.45, 2.75) is 20.4 Å². The first-order valence-electron chi connectivity index (χ1n) is 6.32. The van der Waals surface area contributed by atoms with Crippen molar-refractivity contribution in [3.05, 3.63) is 59.7 Å². The van der Waals surface area contributed by atoms with Crippen LogP contribution in [0.1, 0.15) is 28.7 Å². The van der Waals surface area contributed by atoms with Gasteiger partial charge in [0, 0.05) is 19.3 Å². The molecule has 0 atom stereocenters. The van der Waals surface area contributed by atoms with E-state index in [1.807, 2.05) is 44.2 Å². The van der Waals surface area contributed by atoms with Crippen LogP contribution in [0.5, 0.6) is 0 Å². The minimum absolute atomic E-state index is 0.0844. The summed E-state index contributed by atoms with van der Waals surface area (Å²) in [7, 11) is 0. The van der Waals surface area contributed by atoms with E-state index >= 15 is 0 Å². The second-order valence-electron chi connectivity index (χ2n) is 4.35. The Balaban J connectivity index is 2.13. The topological polar surface area (TPSA) is 46.1 Å². The quantitative estimate of drug-likeness (QED) is 0.843. The Morgan fingerprint density at radius 1 is 1.16 bits per heavy atom. The van der Waals surface area contributed by atoms with Crippen LogP contribution in [0.15, 0.2) is 42.7 Å². The molecule has 2 aromatic rings. The van der Waals surface area contributed by atoms with Gasteiger partial charge in [-0.15, -0.1) is 0 Å². The maximum atomic E-state index is 12.3. The first-order chi connectivity index (χ1) is 9.20. The fourth-order valence-electron chi connectivity index (χ4n) is 1.80. The average molecular weight is 255 g/mol. The number of aryl methyl sites for hydroxylation is 1. The van der Waals surface area contributed by atoms with E-state index in [4.69, 9.17) is 0 Å². The van der Waals surface area contributed by atoms with E-state index in [1.165, 1.54) is 6.20 Å². The molecule has 0 aliphatic heterocycles. The van der Waals surface area contributed by atoms with Crippen molar-refractivity contribution < 1.29 is 4.79 Å². The van der Waals surface area contributed by atoms with Crippen LogP contribution in [0, 0.1) is 6.92 Å². The maximum absolute atomic E-state index is 12.3. The van der Waals surface area contributed by atoms with E-state index in [-0.39, 0.29) is 5.91 Å². The lowest BCUT2D eigenvalue weighted by Crippen LogP contribution is -2.31. The lowest BCUT2D eigenvalue weighted by atomic mass is 10.2. The van der Waals surface area contributed by atoms with Gasteiger partial charge in [0.1, 0.15) is 5.69 Å². The Hall–Kier alpha value is -2.23. The van der Waals surface area contributed by atoms with Crippen LogP contribution in [0.3, 0.4) is 0 Å². The lowest BCUT2D eigenvalue weighted by molar-refractivity contribution is 0.0746. The van der Waals surface area contributed by atoms with E-state index in [2.05, 4.69) is 9.97 Å². The molecule has 0 saturated carbocycles. The molecule has 0 N–H and O–H groups in total.